The SMILES string of the molecule is Cc1cc(OCc2ccccc2F)ccc1F. The van der Waals surface area contributed by atoms with Gasteiger partial charge in [0.25, 0.3) is 0 Å². The Kier molecular flexibility index (Phi) is 3.38. The Bertz CT molecular complexity index is 523. The smallest absolute Gasteiger partial charge is 0.129 e. The Morgan fingerprint density at radius 3 is 2.47 bits per heavy atom. The van der Waals surface area contributed by atoms with Crippen LogP contribution in [0.4, 0.5) is 8.78 Å². The summed E-state index contributed by atoms with van der Waals surface area (Å²) in [7, 11) is 0. The largest absolute Gasteiger partial charge is 0.489 e. The monoisotopic (exact) mass is 234 g/mol. The van der Waals surface area contributed by atoms with Gasteiger partial charge in [0.2, 0.25) is 0 Å². The van der Waals surface area contributed by atoms with Gasteiger partial charge in [-0.2, -0.15) is 0 Å². The fourth-order valence-corrected chi connectivity index (χ4v) is 1.48. The van der Waals surface area contributed by atoms with E-state index in [1.807, 2.05) is 0 Å². The van der Waals surface area contributed by atoms with Gasteiger partial charge in [-0.25, -0.2) is 8.78 Å². The summed E-state index contributed by atoms with van der Waals surface area (Å²) >= 11 is 0. The molecule has 1 nitrogen and oxygen atoms in total. The van der Waals surface area contributed by atoms with Gasteiger partial charge in [0, 0.05) is 5.56 Å². The van der Waals surface area contributed by atoms with Crippen LogP contribution >= 0.6 is 0 Å². The van der Waals surface area contributed by atoms with Crippen molar-refractivity contribution < 1.29 is 13.5 Å². The molecular formula is C14H12F2O. The van der Waals surface area contributed by atoms with Gasteiger partial charge in [0.1, 0.15) is 24.0 Å². The molecule has 0 unspecified atom stereocenters. The van der Waals surface area contributed by atoms with Crippen molar-refractivity contribution in [1.82, 2.24) is 0 Å². The summed E-state index contributed by atoms with van der Waals surface area (Å²) in [5.41, 5.74) is 0.991. The van der Waals surface area contributed by atoms with E-state index in [-0.39, 0.29) is 18.2 Å². The van der Waals surface area contributed by atoms with Crippen molar-refractivity contribution in [2.75, 3.05) is 0 Å². The average Bonchev–Trinajstić information content (AvgIpc) is 2.32. The first-order valence-electron chi connectivity index (χ1n) is 5.29. The Morgan fingerprint density at radius 2 is 1.76 bits per heavy atom. The molecule has 0 amide bonds. The molecule has 0 spiro atoms. The van der Waals surface area contributed by atoms with Crippen LogP contribution in [0.2, 0.25) is 0 Å². The first kappa shape index (κ1) is 11.6. The first-order chi connectivity index (χ1) is 8.16. The summed E-state index contributed by atoms with van der Waals surface area (Å²) in [6, 6.07) is 10.9. The van der Waals surface area contributed by atoms with Crippen LogP contribution in [0.5, 0.6) is 5.75 Å². The molecule has 2 aromatic rings. The van der Waals surface area contributed by atoms with Gasteiger partial charge in [-0.15, -0.1) is 0 Å². The second-order valence-corrected chi connectivity index (χ2v) is 3.79. The van der Waals surface area contributed by atoms with Gasteiger partial charge < -0.3 is 4.74 Å². The maximum atomic E-state index is 13.3. The van der Waals surface area contributed by atoms with Gasteiger partial charge in [0.05, 0.1) is 0 Å². The number of hydrogen-bond donors (Lipinski definition) is 0. The molecule has 0 atom stereocenters. The summed E-state index contributed by atoms with van der Waals surface area (Å²) in [5, 5.41) is 0. The second kappa shape index (κ2) is 4.95. The molecule has 0 aliphatic rings. The highest BCUT2D eigenvalue weighted by Gasteiger charge is 2.03. The van der Waals surface area contributed by atoms with Gasteiger partial charge in [-0.3, -0.25) is 0 Å². The minimum atomic E-state index is -0.300. The Labute approximate surface area is 98.7 Å². The van der Waals surface area contributed by atoms with Crippen molar-refractivity contribution in [3.05, 3.63) is 65.2 Å². The Morgan fingerprint density at radius 1 is 1.00 bits per heavy atom. The average molecular weight is 234 g/mol. The van der Waals surface area contributed by atoms with Crippen molar-refractivity contribution in [3.8, 4) is 5.75 Å². The highest BCUT2D eigenvalue weighted by molar-refractivity contribution is 5.29. The number of benzene rings is 2. The molecule has 2 aromatic carbocycles. The molecule has 3 heteroatoms. The van der Waals surface area contributed by atoms with E-state index in [2.05, 4.69) is 0 Å². The van der Waals surface area contributed by atoms with E-state index in [4.69, 9.17) is 4.74 Å². The third-order valence-electron chi connectivity index (χ3n) is 2.48. The van der Waals surface area contributed by atoms with Crippen LogP contribution in [-0.2, 0) is 6.61 Å². The van der Waals surface area contributed by atoms with E-state index >= 15 is 0 Å². The topological polar surface area (TPSA) is 9.23 Å². The molecule has 0 saturated heterocycles. The van der Waals surface area contributed by atoms with Crippen LogP contribution < -0.4 is 4.74 Å². The molecule has 0 saturated carbocycles. The van der Waals surface area contributed by atoms with Crippen LogP contribution in [0.15, 0.2) is 42.5 Å². The molecule has 0 bridgehead atoms. The highest BCUT2D eigenvalue weighted by atomic mass is 19.1. The van der Waals surface area contributed by atoms with Crippen LogP contribution in [0, 0.1) is 18.6 Å². The predicted octanol–water partition coefficient (Wildman–Crippen LogP) is 3.85. The highest BCUT2D eigenvalue weighted by Crippen LogP contribution is 2.18. The molecule has 0 heterocycles. The summed E-state index contributed by atoms with van der Waals surface area (Å²) in [6.07, 6.45) is 0. The quantitative estimate of drug-likeness (QED) is 0.783. The fraction of sp³-hybridized carbons (Fsp3) is 0.143. The molecule has 0 radical (unpaired) electrons. The maximum absolute atomic E-state index is 13.3. The molecule has 0 aromatic heterocycles. The lowest BCUT2D eigenvalue weighted by Gasteiger charge is -2.08. The lowest BCUT2D eigenvalue weighted by molar-refractivity contribution is 0.299. The van der Waals surface area contributed by atoms with Crippen LogP contribution in [0.25, 0.3) is 0 Å². The summed E-state index contributed by atoms with van der Waals surface area (Å²) in [4.78, 5) is 0. The second-order valence-electron chi connectivity index (χ2n) is 3.79. The summed E-state index contributed by atoms with van der Waals surface area (Å²) < 4.78 is 31.7. The molecular weight excluding hydrogens is 222 g/mol. The van der Waals surface area contributed by atoms with Crippen LogP contribution in [0.3, 0.4) is 0 Å². The van der Waals surface area contributed by atoms with Gasteiger partial charge in [-0.05, 0) is 36.8 Å². The van der Waals surface area contributed by atoms with E-state index in [0.29, 0.717) is 16.9 Å². The number of rotatable bonds is 3. The number of aryl methyl sites for hydroxylation is 1. The van der Waals surface area contributed by atoms with Crippen molar-refractivity contribution >= 4 is 0 Å². The zero-order valence-corrected chi connectivity index (χ0v) is 9.41. The third-order valence-corrected chi connectivity index (χ3v) is 2.48. The maximum Gasteiger partial charge on any atom is 0.129 e. The van der Waals surface area contributed by atoms with Crippen molar-refractivity contribution in [1.29, 1.82) is 0 Å². The molecule has 0 aliphatic heterocycles. The normalized spacial score (nSPS) is 10.3. The fourth-order valence-electron chi connectivity index (χ4n) is 1.48. The van der Waals surface area contributed by atoms with Crippen molar-refractivity contribution in [3.63, 3.8) is 0 Å². The molecule has 88 valence electrons. The van der Waals surface area contributed by atoms with Gasteiger partial charge in [0.15, 0.2) is 0 Å². The Balaban J connectivity index is 2.08. The van der Waals surface area contributed by atoms with Gasteiger partial charge >= 0.3 is 0 Å². The van der Waals surface area contributed by atoms with E-state index in [9.17, 15) is 8.78 Å². The van der Waals surface area contributed by atoms with Crippen LogP contribution in [0.1, 0.15) is 11.1 Å². The third kappa shape index (κ3) is 2.81. The Hall–Kier alpha value is -1.90. The van der Waals surface area contributed by atoms with E-state index < -0.39 is 0 Å². The molecule has 0 N–H and O–H groups in total. The predicted molar refractivity (Wildman–Crippen MR) is 61.9 cm³/mol. The molecule has 0 fully saturated rings. The first-order valence-corrected chi connectivity index (χ1v) is 5.29. The summed E-state index contributed by atoms with van der Waals surface area (Å²) in [6.45, 7) is 1.79. The number of hydrogen-bond acceptors (Lipinski definition) is 1. The van der Waals surface area contributed by atoms with E-state index in [0.717, 1.165) is 0 Å². The zero-order chi connectivity index (χ0) is 12.3. The van der Waals surface area contributed by atoms with E-state index in [1.54, 1.807) is 31.2 Å². The lowest BCUT2D eigenvalue weighted by Crippen LogP contribution is -1.98. The van der Waals surface area contributed by atoms with Crippen molar-refractivity contribution in [2.24, 2.45) is 0 Å². The van der Waals surface area contributed by atoms with Crippen LogP contribution in [-0.4, -0.2) is 0 Å². The molecule has 0 aliphatic carbocycles. The number of ether oxygens (including phenoxy) is 1. The van der Waals surface area contributed by atoms with Gasteiger partial charge in [-0.1, -0.05) is 18.2 Å². The zero-order valence-electron chi connectivity index (χ0n) is 9.41. The standard InChI is InChI=1S/C14H12F2O/c1-10-8-12(6-7-13(10)15)17-9-11-4-2-3-5-14(11)16/h2-8H,9H2,1H3. The molecule has 17 heavy (non-hydrogen) atoms. The number of halogens is 2. The molecule has 2 rings (SSSR count). The minimum Gasteiger partial charge on any atom is -0.489 e. The minimum absolute atomic E-state index is 0.137. The lowest BCUT2D eigenvalue weighted by atomic mass is 10.2. The van der Waals surface area contributed by atoms with Crippen molar-refractivity contribution in [2.45, 2.75) is 13.5 Å². The van der Waals surface area contributed by atoms with E-state index in [1.165, 1.54) is 18.2 Å². The summed E-state index contributed by atoms with van der Waals surface area (Å²) in [5.74, 6) is -0.0401.